The van der Waals surface area contributed by atoms with Crippen molar-refractivity contribution in [3.8, 4) is 5.75 Å². The van der Waals surface area contributed by atoms with Gasteiger partial charge in [0.25, 0.3) is 0 Å². The van der Waals surface area contributed by atoms with Crippen molar-refractivity contribution in [1.82, 2.24) is 4.72 Å². The normalized spacial score (nSPS) is 13.2. The van der Waals surface area contributed by atoms with Gasteiger partial charge in [0, 0.05) is 11.7 Å². The van der Waals surface area contributed by atoms with Crippen LogP contribution < -0.4 is 15.2 Å². The molecule has 0 aliphatic heterocycles. The third kappa shape index (κ3) is 4.40. The first kappa shape index (κ1) is 15.8. The van der Waals surface area contributed by atoms with Crippen molar-refractivity contribution in [2.24, 2.45) is 0 Å². The second kappa shape index (κ2) is 6.77. The van der Waals surface area contributed by atoms with E-state index in [9.17, 15) is 8.42 Å². The molecule has 19 heavy (non-hydrogen) atoms. The second-order valence-electron chi connectivity index (χ2n) is 4.57. The molecule has 1 unspecified atom stereocenters. The van der Waals surface area contributed by atoms with Crippen LogP contribution in [0.1, 0.15) is 33.1 Å². The zero-order chi connectivity index (χ0) is 14.5. The topological polar surface area (TPSA) is 81.4 Å². The Morgan fingerprint density at radius 1 is 1.42 bits per heavy atom. The Morgan fingerprint density at radius 2 is 2.11 bits per heavy atom. The molecule has 1 aromatic carbocycles. The van der Waals surface area contributed by atoms with Crippen molar-refractivity contribution >= 4 is 15.7 Å². The summed E-state index contributed by atoms with van der Waals surface area (Å²) in [6, 6.07) is 4.46. The zero-order valence-electron chi connectivity index (χ0n) is 11.6. The molecule has 0 amide bonds. The zero-order valence-corrected chi connectivity index (χ0v) is 12.5. The molecule has 0 aliphatic carbocycles. The van der Waals surface area contributed by atoms with Crippen LogP contribution in [0.4, 0.5) is 5.69 Å². The molecule has 0 spiro atoms. The Balaban J connectivity index is 2.96. The van der Waals surface area contributed by atoms with E-state index >= 15 is 0 Å². The number of methoxy groups -OCH3 is 1. The maximum Gasteiger partial charge on any atom is 0.244 e. The van der Waals surface area contributed by atoms with Gasteiger partial charge in [0.2, 0.25) is 10.0 Å². The fourth-order valence-electron chi connectivity index (χ4n) is 1.80. The van der Waals surface area contributed by atoms with Crippen LogP contribution in [0.15, 0.2) is 23.1 Å². The molecule has 0 heterocycles. The van der Waals surface area contributed by atoms with Gasteiger partial charge in [-0.15, -0.1) is 0 Å². The van der Waals surface area contributed by atoms with E-state index in [2.05, 4.69) is 11.6 Å². The highest BCUT2D eigenvalue weighted by Gasteiger charge is 2.21. The standard InChI is InChI=1S/C13H22N2O3S/c1-4-5-6-10(2)15-19(16,17)13-9-11(14)7-8-12(13)18-3/h7-10,15H,4-6,14H2,1-3H3. The second-order valence-corrected chi connectivity index (χ2v) is 6.26. The number of nitrogen functional groups attached to an aromatic ring is 1. The minimum absolute atomic E-state index is 0.0818. The maximum atomic E-state index is 12.3. The van der Waals surface area contributed by atoms with Crippen LogP contribution in [-0.4, -0.2) is 21.6 Å². The van der Waals surface area contributed by atoms with Gasteiger partial charge in [-0.1, -0.05) is 19.8 Å². The fraction of sp³-hybridized carbons (Fsp3) is 0.538. The molecular formula is C13H22N2O3S. The summed E-state index contributed by atoms with van der Waals surface area (Å²) in [4.78, 5) is 0.0818. The summed E-state index contributed by atoms with van der Waals surface area (Å²) in [6.45, 7) is 3.92. The lowest BCUT2D eigenvalue weighted by Crippen LogP contribution is -2.32. The summed E-state index contributed by atoms with van der Waals surface area (Å²) in [7, 11) is -2.17. The highest BCUT2D eigenvalue weighted by molar-refractivity contribution is 7.89. The molecule has 0 aromatic heterocycles. The number of nitrogens with one attached hydrogen (secondary N) is 1. The molecule has 108 valence electrons. The summed E-state index contributed by atoms with van der Waals surface area (Å²) >= 11 is 0. The van der Waals surface area contributed by atoms with E-state index in [-0.39, 0.29) is 10.9 Å². The van der Waals surface area contributed by atoms with Crippen LogP contribution in [0.3, 0.4) is 0 Å². The summed E-state index contributed by atoms with van der Waals surface area (Å²) in [6.07, 6.45) is 2.83. The molecule has 1 atom stereocenters. The van der Waals surface area contributed by atoms with Gasteiger partial charge >= 0.3 is 0 Å². The Labute approximate surface area is 115 Å². The summed E-state index contributed by atoms with van der Waals surface area (Å²) in [5.41, 5.74) is 6.03. The van der Waals surface area contributed by atoms with Gasteiger partial charge < -0.3 is 10.5 Å². The van der Waals surface area contributed by atoms with E-state index in [0.29, 0.717) is 11.4 Å². The first-order valence-electron chi connectivity index (χ1n) is 6.36. The van der Waals surface area contributed by atoms with E-state index in [1.165, 1.54) is 13.2 Å². The van der Waals surface area contributed by atoms with E-state index in [1.54, 1.807) is 12.1 Å². The van der Waals surface area contributed by atoms with Gasteiger partial charge in [0.15, 0.2) is 0 Å². The third-order valence-corrected chi connectivity index (χ3v) is 4.43. The van der Waals surface area contributed by atoms with E-state index in [0.717, 1.165) is 19.3 Å². The van der Waals surface area contributed by atoms with Crippen LogP contribution in [0.2, 0.25) is 0 Å². The van der Waals surface area contributed by atoms with E-state index in [4.69, 9.17) is 10.5 Å². The van der Waals surface area contributed by atoms with Gasteiger partial charge in [-0.05, 0) is 31.5 Å². The van der Waals surface area contributed by atoms with Gasteiger partial charge in [-0.3, -0.25) is 0 Å². The van der Waals surface area contributed by atoms with Gasteiger partial charge in [0.1, 0.15) is 10.6 Å². The monoisotopic (exact) mass is 286 g/mol. The number of benzene rings is 1. The molecule has 1 aromatic rings. The van der Waals surface area contributed by atoms with E-state index in [1.807, 2.05) is 6.92 Å². The van der Waals surface area contributed by atoms with Crippen molar-refractivity contribution in [1.29, 1.82) is 0 Å². The molecule has 0 radical (unpaired) electrons. The lowest BCUT2D eigenvalue weighted by atomic mass is 10.2. The molecule has 0 aliphatic rings. The SMILES string of the molecule is CCCCC(C)NS(=O)(=O)c1cc(N)ccc1OC. The summed E-state index contributed by atoms with van der Waals surface area (Å²) in [5, 5.41) is 0. The third-order valence-electron chi connectivity index (χ3n) is 2.82. The Morgan fingerprint density at radius 3 is 2.68 bits per heavy atom. The van der Waals surface area contributed by atoms with Gasteiger partial charge in [0.05, 0.1) is 7.11 Å². The number of anilines is 1. The highest BCUT2D eigenvalue weighted by atomic mass is 32.2. The molecule has 3 N–H and O–H groups in total. The van der Waals surface area contributed by atoms with Crippen LogP contribution in [0, 0.1) is 0 Å². The first-order chi connectivity index (χ1) is 8.90. The lowest BCUT2D eigenvalue weighted by Gasteiger charge is -2.16. The van der Waals surface area contributed by atoms with Crippen LogP contribution in [-0.2, 0) is 10.0 Å². The molecule has 0 saturated heterocycles. The number of unbranched alkanes of at least 4 members (excludes halogenated alkanes) is 1. The Kier molecular flexibility index (Phi) is 5.62. The Bertz CT molecular complexity index is 515. The van der Waals surface area contributed by atoms with Crippen molar-refractivity contribution in [2.75, 3.05) is 12.8 Å². The molecule has 6 heteroatoms. The number of nitrogens with two attached hydrogens (primary N) is 1. The minimum atomic E-state index is -3.61. The van der Waals surface area contributed by atoms with Crippen molar-refractivity contribution in [3.63, 3.8) is 0 Å². The number of rotatable bonds is 7. The van der Waals surface area contributed by atoms with Gasteiger partial charge in [-0.25, -0.2) is 13.1 Å². The average Bonchev–Trinajstić information content (AvgIpc) is 2.35. The smallest absolute Gasteiger partial charge is 0.244 e. The van der Waals surface area contributed by atoms with Crippen LogP contribution in [0.25, 0.3) is 0 Å². The number of sulfonamides is 1. The number of hydrogen-bond donors (Lipinski definition) is 2. The highest BCUT2D eigenvalue weighted by Crippen LogP contribution is 2.26. The fourth-order valence-corrected chi connectivity index (χ4v) is 3.28. The molecule has 0 saturated carbocycles. The van der Waals surface area contributed by atoms with Crippen molar-refractivity contribution in [3.05, 3.63) is 18.2 Å². The Hall–Kier alpha value is -1.27. The largest absolute Gasteiger partial charge is 0.495 e. The molecule has 0 bridgehead atoms. The maximum absolute atomic E-state index is 12.3. The average molecular weight is 286 g/mol. The van der Waals surface area contributed by atoms with Crippen molar-refractivity contribution in [2.45, 2.75) is 44.0 Å². The minimum Gasteiger partial charge on any atom is -0.495 e. The van der Waals surface area contributed by atoms with Crippen LogP contribution in [0.5, 0.6) is 5.75 Å². The molecular weight excluding hydrogens is 264 g/mol. The predicted molar refractivity (Wildman–Crippen MR) is 76.7 cm³/mol. The molecule has 1 rings (SSSR count). The van der Waals surface area contributed by atoms with Gasteiger partial charge in [-0.2, -0.15) is 0 Å². The van der Waals surface area contributed by atoms with Crippen LogP contribution >= 0.6 is 0 Å². The number of hydrogen-bond acceptors (Lipinski definition) is 4. The first-order valence-corrected chi connectivity index (χ1v) is 7.85. The quantitative estimate of drug-likeness (QED) is 0.752. The summed E-state index contributed by atoms with van der Waals surface area (Å²) < 4.78 is 32.3. The molecule has 5 nitrogen and oxygen atoms in total. The van der Waals surface area contributed by atoms with Crippen molar-refractivity contribution < 1.29 is 13.2 Å². The number of ether oxygens (including phenoxy) is 1. The lowest BCUT2D eigenvalue weighted by molar-refractivity contribution is 0.402. The summed E-state index contributed by atoms with van der Waals surface area (Å²) in [5.74, 6) is 0.296. The van der Waals surface area contributed by atoms with E-state index < -0.39 is 10.0 Å². The predicted octanol–water partition coefficient (Wildman–Crippen LogP) is 2.13. The molecule has 0 fully saturated rings.